The van der Waals surface area contributed by atoms with E-state index in [1.807, 2.05) is 18.2 Å². The SMILES string of the molecule is CC1(C)CC1c1nc2c(Cl)cccc2[nH]1. The van der Waals surface area contributed by atoms with E-state index in [2.05, 4.69) is 23.8 Å². The normalized spacial score (nSPS) is 23.3. The number of rotatable bonds is 1. The molecule has 1 aliphatic carbocycles. The van der Waals surface area contributed by atoms with Gasteiger partial charge in [-0.2, -0.15) is 0 Å². The molecule has 0 bridgehead atoms. The minimum absolute atomic E-state index is 0.403. The van der Waals surface area contributed by atoms with Gasteiger partial charge in [0.2, 0.25) is 0 Å². The van der Waals surface area contributed by atoms with Crippen molar-refractivity contribution in [2.24, 2.45) is 5.41 Å². The predicted molar refractivity (Wildman–Crippen MR) is 62.2 cm³/mol. The number of imidazole rings is 1. The molecule has 3 rings (SSSR count). The summed E-state index contributed by atoms with van der Waals surface area (Å²) in [5.74, 6) is 1.66. The molecule has 0 spiro atoms. The van der Waals surface area contributed by atoms with Crippen LogP contribution in [0.5, 0.6) is 0 Å². The van der Waals surface area contributed by atoms with Crippen LogP contribution in [0.15, 0.2) is 18.2 Å². The minimum Gasteiger partial charge on any atom is -0.342 e. The van der Waals surface area contributed by atoms with Crippen molar-refractivity contribution in [1.82, 2.24) is 9.97 Å². The van der Waals surface area contributed by atoms with Crippen molar-refractivity contribution < 1.29 is 0 Å². The standard InChI is InChI=1S/C12H13ClN2/c1-12(2)6-7(12)11-14-9-5-3-4-8(13)10(9)15-11/h3-5,7H,6H2,1-2H3,(H,14,15). The number of nitrogens with zero attached hydrogens (tertiary/aromatic N) is 1. The van der Waals surface area contributed by atoms with Gasteiger partial charge in [0.1, 0.15) is 11.3 Å². The first-order valence-corrected chi connectivity index (χ1v) is 5.60. The van der Waals surface area contributed by atoms with E-state index in [9.17, 15) is 0 Å². The molecule has 1 heterocycles. The summed E-state index contributed by atoms with van der Waals surface area (Å²) >= 11 is 6.08. The second-order valence-electron chi connectivity index (χ2n) is 5.00. The Morgan fingerprint density at radius 3 is 2.80 bits per heavy atom. The Morgan fingerprint density at radius 2 is 2.20 bits per heavy atom. The zero-order valence-electron chi connectivity index (χ0n) is 8.84. The van der Waals surface area contributed by atoms with E-state index in [1.165, 1.54) is 6.42 Å². The summed E-state index contributed by atoms with van der Waals surface area (Å²) in [4.78, 5) is 7.94. The lowest BCUT2D eigenvalue weighted by Crippen LogP contribution is -1.91. The van der Waals surface area contributed by atoms with Crippen LogP contribution < -0.4 is 0 Å². The molecule has 1 N–H and O–H groups in total. The van der Waals surface area contributed by atoms with Crippen LogP contribution in [0, 0.1) is 5.41 Å². The maximum atomic E-state index is 6.08. The highest BCUT2D eigenvalue weighted by molar-refractivity contribution is 6.34. The summed E-state index contributed by atoms with van der Waals surface area (Å²) in [6.45, 7) is 4.54. The monoisotopic (exact) mass is 220 g/mol. The Kier molecular flexibility index (Phi) is 1.70. The van der Waals surface area contributed by atoms with Crippen molar-refractivity contribution in [3.05, 3.63) is 29.0 Å². The van der Waals surface area contributed by atoms with Gasteiger partial charge in [-0.25, -0.2) is 4.98 Å². The number of aromatic nitrogens is 2. The van der Waals surface area contributed by atoms with E-state index in [-0.39, 0.29) is 0 Å². The van der Waals surface area contributed by atoms with Gasteiger partial charge in [-0.3, -0.25) is 0 Å². The number of aromatic amines is 1. The number of para-hydroxylation sites is 1. The predicted octanol–water partition coefficient (Wildman–Crippen LogP) is 3.73. The fourth-order valence-electron chi connectivity index (χ4n) is 2.12. The smallest absolute Gasteiger partial charge is 0.110 e. The lowest BCUT2D eigenvalue weighted by Gasteiger charge is -1.97. The molecule has 15 heavy (non-hydrogen) atoms. The van der Waals surface area contributed by atoms with Crippen LogP contribution in [0.4, 0.5) is 0 Å². The Bertz CT molecular complexity index is 527. The molecule has 2 nitrogen and oxygen atoms in total. The van der Waals surface area contributed by atoms with Gasteiger partial charge in [0.05, 0.1) is 10.5 Å². The van der Waals surface area contributed by atoms with E-state index < -0.39 is 0 Å². The lowest BCUT2D eigenvalue weighted by molar-refractivity contribution is 0.612. The van der Waals surface area contributed by atoms with Gasteiger partial charge in [0.15, 0.2) is 0 Å². The molecule has 1 atom stereocenters. The van der Waals surface area contributed by atoms with E-state index in [1.54, 1.807) is 0 Å². The third-order valence-electron chi connectivity index (χ3n) is 3.33. The van der Waals surface area contributed by atoms with Crippen LogP contribution >= 0.6 is 11.6 Å². The third kappa shape index (κ3) is 1.36. The number of nitrogens with one attached hydrogen (secondary N) is 1. The van der Waals surface area contributed by atoms with Crippen LogP contribution in [-0.4, -0.2) is 9.97 Å². The van der Waals surface area contributed by atoms with E-state index in [0.29, 0.717) is 11.3 Å². The van der Waals surface area contributed by atoms with Crippen LogP contribution in [0.25, 0.3) is 11.0 Å². The van der Waals surface area contributed by atoms with Crippen molar-refractivity contribution in [2.45, 2.75) is 26.2 Å². The summed E-state index contributed by atoms with van der Waals surface area (Å²) in [7, 11) is 0. The highest BCUT2D eigenvalue weighted by atomic mass is 35.5. The third-order valence-corrected chi connectivity index (χ3v) is 3.63. The Morgan fingerprint density at radius 1 is 1.47 bits per heavy atom. The molecule has 1 saturated carbocycles. The van der Waals surface area contributed by atoms with Gasteiger partial charge < -0.3 is 4.98 Å². The quantitative estimate of drug-likeness (QED) is 0.780. The first-order chi connectivity index (χ1) is 7.08. The minimum atomic E-state index is 0.403. The van der Waals surface area contributed by atoms with Crippen molar-refractivity contribution >= 4 is 22.6 Å². The Hall–Kier alpha value is -1.02. The largest absolute Gasteiger partial charge is 0.342 e. The molecule has 1 unspecified atom stereocenters. The van der Waals surface area contributed by atoms with Gasteiger partial charge >= 0.3 is 0 Å². The highest BCUT2D eigenvalue weighted by Gasteiger charge is 2.48. The highest BCUT2D eigenvalue weighted by Crippen LogP contribution is 2.57. The van der Waals surface area contributed by atoms with E-state index >= 15 is 0 Å². The van der Waals surface area contributed by atoms with E-state index in [0.717, 1.165) is 21.9 Å². The van der Waals surface area contributed by atoms with Crippen LogP contribution in [0.2, 0.25) is 5.02 Å². The fourth-order valence-corrected chi connectivity index (χ4v) is 2.33. The molecule has 1 aromatic carbocycles. The van der Waals surface area contributed by atoms with Gasteiger partial charge in [-0.15, -0.1) is 0 Å². The molecule has 0 aliphatic heterocycles. The zero-order valence-corrected chi connectivity index (χ0v) is 9.60. The van der Waals surface area contributed by atoms with Crippen LogP contribution in [0.1, 0.15) is 32.0 Å². The second-order valence-corrected chi connectivity index (χ2v) is 5.41. The van der Waals surface area contributed by atoms with Gasteiger partial charge in [0, 0.05) is 5.92 Å². The van der Waals surface area contributed by atoms with Crippen molar-refractivity contribution in [1.29, 1.82) is 0 Å². The summed E-state index contributed by atoms with van der Waals surface area (Å²) < 4.78 is 0. The topological polar surface area (TPSA) is 28.7 Å². The summed E-state index contributed by atoms with van der Waals surface area (Å²) in [5.41, 5.74) is 2.34. The molecule has 0 saturated heterocycles. The van der Waals surface area contributed by atoms with Gasteiger partial charge in [-0.05, 0) is 24.0 Å². The Labute approximate surface area is 93.7 Å². The average Bonchev–Trinajstić information content (AvgIpc) is 2.62. The maximum Gasteiger partial charge on any atom is 0.110 e. The number of hydrogen-bond acceptors (Lipinski definition) is 1. The van der Waals surface area contributed by atoms with Gasteiger partial charge in [-0.1, -0.05) is 31.5 Å². The molecule has 1 fully saturated rings. The molecule has 0 radical (unpaired) electrons. The zero-order chi connectivity index (χ0) is 10.6. The van der Waals surface area contributed by atoms with Gasteiger partial charge in [0.25, 0.3) is 0 Å². The van der Waals surface area contributed by atoms with Crippen LogP contribution in [-0.2, 0) is 0 Å². The van der Waals surface area contributed by atoms with Crippen molar-refractivity contribution in [3.8, 4) is 0 Å². The average molecular weight is 221 g/mol. The number of H-pyrrole nitrogens is 1. The molecule has 1 aliphatic rings. The fraction of sp³-hybridized carbons (Fsp3) is 0.417. The maximum absolute atomic E-state index is 6.08. The summed E-state index contributed by atoms with van der Waals surface area (Å²) in [6, 6.07) is 5.85. The molecule has 78 valence electrons. The lowest BCUT2D eigenvalue weighted by atomic mass is 10.1. The van der Waals surface area contributed by atoms with Crippen molar-refractivity contribution in [3.63, 3.8) is 0 Å². The number of fused-ring (bicyclic) bond motifs is 1. The molecular formula is C12H13ClN2. The Balaban J connectivity index is 2.12. The first kappa shape index (κ1) is 9.22. The second kappa shape index (κ2) is 2.76. The molecular weight excluding hydrogens is 208 g/mol. The number of halogens is 1. The van der Waals surface area contributed by atoms with Crippen LogP contribution in [0.3, 0.4) is 0 Å². The first-order valence-electron chi connectivity index (χ1n) is 5.22. The van der Waals surface area contributed by atoms with Crippen molar-refractivity contribution in [2.75, 3.05) is 0 Å². The van der Waals surface area contributed by atoms with E-state index in [4.69, 9.17) is 11.6 Å². The molecule has 2 aromatic rings. The molecule has 1 aromatic heterocycles. The molecule has 0 amide bonds. The number of benzene rings is 1. The summed E-state index contributed by atoms with van der Waals surface area (Å²) in [6.07, 6.45) is 1.21. The number of hydrogen-bond donors (Lipinski definition) is 1. The summed E-state index contributed by atoms with van der Waals surface area (Å²) in [5, 5.41) is 0.730. The molecule has 3 heteroatoms.